The molecule has 0 N–H and O–H groups in total. The van der Waals surface area contributed by atoms with E-state index >= 15 is 0 Å². The molecule has 8 nitrogen and oxygen atoms in total. The van der Waals surface area contributed by atoms with Crippen molar-refractivity contribution < 1.29 is 14.4 Å². The first kappa shape index (κ1) is 18.4. The van der Waals surface area contributed by atoms with Gasteiger partial charge in [0.05, 0.1) is 0 Å². The standard InChI is InChI=1S/C18H27N5O3/c1-12(2)11-23-17(26)20(4)16(25)18(23)6-8-22(9-7-18)15(24)14-10-13(3)21(5)19-14/h10,12H,6-9,11H2,1-5H3. The van der Waals surface area contributed by atoms with Gasteiger partial charge in [0.1, 0.15) is 5.54 Å². The van der Waals surface area contributed by atoms with E-state index < -0.39 is 5.54 Å². The van der Waals surface area contributed by atoms with Crippen LogP contribution in [-0.4, -0.2) is 74.5 Å². The van der Waals surface area contributed by atoms with E-state index in [9.17, 15) is 14.4 Å². The summed E-state index contributed by atoms with van der Waals surface area (Å²) in [6, 6.07) is 1.54. The molecule has 1 spiro atoms. The molecule has 0 radical (unpaired) electrons. The lowest BCUT2D eigenvalue weighted by Gasteiger charge is -2.42. The summed E-state index contributed by atoms with van der Waals surface area (Å²) in [4.78, 5) is 42.7. The Morgan fingerprint density at radius 1 is 1.23 bits per heavy atom. The first-order valence-corrected chi connectivity index (χ1v) is 9.07. The largest absolute Gasteiger partial charge is 0.337 e. The molecule has 2 aliphatic rings. The van der Waals surface area contributed by atoms with E-state index in [2.05, 4.69) is 5.10 Å². The Morgan fingerprint density at radius 3 is 2.35 bits per heavy atom. The fourth-order valence-corrected chi connectivity index (χ4v) is 3.89. The average molecular weight is 361 g/mol. The number of aromatic nitrogens is 2. The number of hydrogen-bond acceptors (Lipinski definition) is 4. The molecule has 0 saturated carbocycles. The highest BCUT2D eigenvalue weighted by molar-refractivity contribution is 6.07. The van der Waals surface area contributed by atoms with E-state index in [0.717, 1.165) is 5.69 Å². The smallest absolute Gasteiger partial charge is 0.327 e. The number of urea groups is 1. The van der Waals surface area contributed by atoms with Crippen LogP contribution in [0.3, 0.4) is 0 Å². The van der Waals surface area contributed by atoms with Gasteiger partial charge in [-0.3, -0.25) is 19.2 Å². The lowest BCUT2D eigenvalue weighted by atomic mass is 9.85. The maximum absolute atomic E-state index is 12.8. The number of carbonyl (C=O) groups is 3. The summed E-state index contributed by atoms with van der Waals surface area (Å²) in [7, 11) is 3.35. The topological polar surface area (TPSA) is 78.8 Å². The molecule has 4 amide bonds. The third-order valence-corrected chi connectivity index (χ3v) is 5.50. The number of likely N-dealkylation sites (tertiary alicyclic amines) is 1. The maximum Gasteiger partial charge on any atom is 0.327 e. The minimum Gasteiger partial charge on any atom is -0.337 e. The number of hydrogen-bond donors (Lipinski definition) is 0. The summed E-state index contributed by atoms with van der Waals surface area (Å²) in [5, 5.41) is 4.25. The number of nitrogens with zero attached hydrogens (tertiary/aromatic N) is 5. The molecule has 2 aliphatic heterocycles. The van der Waals surface area contributed by atoms with Gasteiger partial charge in [-0.1, -0.05) is 13.8 Å². The molecule has 1 aromatic heterocycles. The van der Waals surface area contributed by atoms with Gasteiger partial charge in [-0.15, -0.1) is 0 Å². The normalized spacial score (nSPS) is 20.0. The van der Waals surface area contributed by atoms with Crippen LogP contribution in [0.4, 0.5) is 4.79 Å². The fourth-order valence-electron chi connectivity index (χ4n) is 3.89. The second-order valence-electron chi connectivity index (χ2n) is 7.77. The summed E-state index contributed by atoms with van der Waals surface area (Å²) < 4.78 is 1.68. The summed E-state index contributed by atoms with van der Waals surface area (Å²) in [5.41, 5.74) is 0.529. The number of piperidine rings is 1. The minimum absolute atomic E-state index is 0.121. The van der Waals surface area contributed by atoms with E-state index in [1.807, 2.05) is 20.8 Å². The first-order chi connectivity index (χ1) is 12.2. The molecule has 3 rings (SSSR count). The molecule has 0 aliphatic carbocycles. The maximum atomic E-state index is 12.8. The van der Waals surface area contributed by atoms with Crippen LogP contribution >= 0.6 is 0 Å². The molecule has 26 heavy (non-hydrogen) atoms. The van der Waals surface area contributed by atoms with Crippen LogP contribution in [-0.2, 0) is 11.8 Å². The Labute approximate surface area is 153 Å². The van der Waals surface area contributed by atoms with Gasteiger partial charge < -0.3 is 9.80 Å². The van der Waals surface area contributed by atoms with Crippen LogP contribution in [0.2, 0.25) is 0 Å². The predicted octanol–water partition coefficient (Wildman–Crippen LogP) is 1.25. The molecule has 0 aromatic carbocycles. The van der Waals surface area contributed by atoms with Crippen molar-refractivity contribution in [3.8, 4) is 0 Å². The van der Waals surface area contributed by atoms with E-state index in [-0.39, 0.29) is 23.8 Å². The predicted molar refractivity (Wildman–Crippen MR) is 95.5 cm³/mol. The molecule has 0 atom stereocenters. The number of amides is 4. The van der Waals surface area contributed by atoms with E-state index in [1.165, 1.54) is 4.90 Å². The zero-order chi connectivity index (χ0) is 19.2. The van der Waals surface area contributed by atoms with Gasteiger partial charge >= 0.3 is 6.03 Å². The Kier molecular flexibility index (Phi) is 4.54. The fraction of sp³-hybridized carbons (Fsp3) is 0.667. The molecule has 142 valence electrons. The highest BCUT2D eigenvalue weighted by Gasteiger charge is 2.57. The lowest BCUT2D eigenvalue weighted by Crippen LogP contribution is -2.58. The third kappa shape index (κ3) is 2.77. The van der Waals surface area contributed by atoms with Gasteiger partial charge in [0.25, 0.3) is 11.8 Å². The van der Waals surface area contributed by atoms with Crippen molar-refractivity contribution in [2.75, 3.05) is 26.7 Å². The minimum atomic E-state index is -0.813. The number of carbonyl (C=O) groups excluding carboxylic acids is 3. The summed E-state index contributed by atoms with van der Waals surface area (Å²) in [6.07, 6.45) is 0.929. The van der Waals surface area contributed by atoms with E-state index in [1.54, 1.807) is 34.6 Å². The first-order valence-electron chi connectivity index (χ1n) is 9.07. The third-order valence-electron chi connectivity index (χ3n) is 5.50. The summed E-state index contributed by atoms with van der Waals surface area (Å²) in [5.74, 6) is -0.000651. The second kappa shape index (κ2) is 6.41. The summed E-state index contributed by atoms with van der Waals surface area (Å²) in [6.45, 7) is 7.39. The van der Waals surface area contributed by atoms with Crippen molar-refractivity contribution in [1.29, 1.82) is 0 Å². The molecular formula is C18H27N5O3. The van der Waals surface area contributed by atoms with Crippen LogP contribution in [0, 0.1) is 12.8 Å². The number of imide groups is 1. The Balaban J connectivity index is 1.78. The molecular weight excluding hydrogens is 334 g/mol. The van der Waals surface area contributed by atoms with E-state index in [4.69, 9.17) is 0 Å². The lowest BCUT2D eigenvalue weighted by molar-refractivity contribution is -0.134. The SMILES string of the molecule is Cc1cc(C(=O)N2CCC3(CC2)C(=O)N(C)C(=O)N3CC(C)C)nn1C. The van der Waals surface area contributed by atoms with Crippen LogP contribution < -0.4 is 0 Å². The van der Waals surface area contributed by atoms with Crippen molar-refractivity contribution in [1.82, 2.24) is 24.5 Å². The monoisotopic (exact) mass is 361 g/mol. The van der Waals surface area contributed by atoms with Crippen LogP contribution in [0.15, 0.2) is 6.07 Å². The molecule has 2 saturated heterocycles. The van der Waals surface area contributed by atoms with Crippen molar-refractivity contribution in [2.24, 2.45) is 13.0 Å². The quantitative estimate of drug-likeness (QED) is 0.759. The van der Waals surface area contributed by atoms with Crippen molar-refractivity contribution in [3.05, 3.63) is 17.5 Å². The van der Waals surface area contributed by atoms with Gasteiger partial charge in [0.2, 0.25) is 0 Å². The number of aryl methyl sites for hydroxylation is 2. The average Bonchev–Trinajstić information content (AvgIpc) is 3.02. The van der Waals surface area contributed by atoms with Gasteiger partial charge in [0.15, 0.2) is 5.69 Å². The zero-order valence-electron chi connectivity index (χ0n) is 16.2. The van der Waals surface area contributed by atoms with Crippen molar-refractivity contribution in [2.45, 2.75) is 39.2 Å². The van der Waals surface area contributed by atoms with E-state index in [0.29, 0.717) is 38.2 Å². The molecule has 0 bridgehead atoms. The zero-order valence-corrected chi connectivity index (χ0v) is 16.2. The molecule has 8 heteroatoms. The molecule has 3 heterocycles. The Hall–Kier alpha value is -2.38. The van der Waals surface area contributed by atoms with Crippen molar-refractivity contribution >= 4 is 17.8 Å². The van der Waals surface area contributed by atoms with Crippen molar-refractivity contribution in [3.63, 3.8) is 0 Å². The molecule has 1 aromatic rings. The van der Waals surface area contributed by atoms with Gasteiger partial charge in [-0.25, -0.2) is 4.79 Å². The number of rotatable bonds is 3. The highest BCUT2D eigenvalue weighted by atomic mass is 16.2. The highest BCUT2D eigenvalue weighted by Crippen LogP contribution is 2.37. The molecule has 0 unspecified atom stereocenters. The van der Waals surface area contributed by atoms with Crippen LogP contribution in [0.5, 0.6) is 0 Å². The Bertz CT molecular complexity index is 727. The Morgan fingerprint density at radius 2 is 1.85 bits per heavy atom. The molecule has 2 fully saturated rings. The van der Waals surface area contributed by atoms with Gasteiger partial charge in [-0.05, 0) is 31.7 Å². The van der Waals surface area contributed by atoms with Crippen LogP contribution in [0.25, 0.3) is 0 Å². The number of likely N-dealkylation sites (N-methyl/N-ethyl adjacent to an activating group) is 1. The second-order valence-corrected chi connectivity index (χ2v) is 7.77. The van der Waals surface area contributed by atoms with Crippen LogP contribution in [0.1, 0.15) is 42.9 Å². The van der Waals surface area contributed by atoms with Gasteiger partial charge in [-0.2, -0.15) is 5.10 Å². The summed E-state index contributed by atoms with van der Waals surface area (Å²) >= 11 is 0. The van der Waals surface area contributed by atoms with Gasteiger partial charge in [0, 0.05) is 39.4 Å².